The number of aromatic nitrogens is 4. The number of ether oxygens (including phenoxy) is 1. The molecule has 1 aliphatic rings. The first kappa shape index (κ1) is 21.8. The highest BCUT2D eigenvalue weighted by molar-refractivity contribution is 6.31. The molecule has 9 heteroatoms. The molecule has 7 nitrogen and oxygen atoms in total. The van der Waals surface area contributed by atoms with E-state index in [1.54, 1.807) is 17.9 Å². The molecule has 1 fully saturated rings. The van der Waals surface area contributed by atoms with Gasteiger partial charge in [-0.15, -0.1) is 0 Å². The molecular formula is C22H28ClFN6O. The molecule has 1 aromatic carbocycles. The van der Waals surface area contributed by atoms with E-state index in [2.05, 4.69) is 40.7 Å². The number of aryl methyl sites for hydroxylation is 1. The number of fused-ring (bicyclic) bond motifs is 1. The quantitative estimate of drug-likeness (QED) is 0.642. The Bertz CT molecular complexity index is 1150. The highest BCUT2D eigenvalue weighted by atomic mass is 35.5. The van der Waals surface area contributed by atoms with Crippen LogP contribution in [0.5, 0.6) is 5.75 Å². The third-order valence-corrected chi connectivity index (χ3v) is 6.46. The monoisotopic (exact) mass is 446 g/mol. The van der Waals surface area contributed by atoms with Crippen molar-refractivity contribution in [2.45, 2.75) is 52.1 Å². The van der Waals surface area contributed by atoms with E-state index in [-0.39, 0.29) is 22.5 Å². The lowest BCUT2D eigenvalue weighted by atomic mass is 9.84. The third kappa shape index (κ3) is 3.51. The Labute approximate surface area is 186 Å². The van der Waals surface area contributed by atoms with Crippen molar-refractivity contribution >= 4 is 28.5 Å². The summed E-state index contributed by atoms with van der Waals surface area (Å²) in [4.78, 5) is 10.8. The summed E-state index contributed by atoms with van der Waals surface area (Å²) in [5, 5.41) is 5.43. The maximum absolute atomic E-state index is 15.2. The Balaban J connectivity index is 1.81. The normalized spacial score (nSPS) is 16.5. The van der Waals surface area contributed by atoms with Gasteiger partial charge in [-0.3, -0.25) is 4.90 Å². The van der Waals surface area contributed by atoms with Gasteiger partial charge in [0.15, 0.2) is 5.65 Å². The smallest absolute Gasteiger partial charge is 0.164 e. The van der Waals surface area contributed by atoms with Crippen molar-refractivity contribution in [2.75, 3.05) is 25.9 Å². The molecule has 1 atom stereocenters. The van der Waals surface area contributed by atoms with E-state index < -0.39 is 5.82 Å². The third-order valence-electron chi connectivity index (χ3n) is 6.19. The molecule has 166 valence electrons. The van der Waals surface area contributed by atoms with Crippen LogP contribution >= 0.6 is 11.6 Å². The number of nitrogens with two attached hydrogens (primary N) is 1. The maximum atomic E-state index is 15.2. The summed E-state index contributed by atoms with van der Waals surface area (Å²) in [6.45, 7) is 11.8. The van der Waals surface area contributed by atoms with Crippen LogP contribution in [0.3, 0.4) is 0 Å². The summed E-state index contributed by atoms with van der Waals surface area (Å²) >= 11 is 6.36. The topological polar surface area (TPSA) is 82.1 Å². The van der Waals surface area contributed by atoms with Crippen LogP contribution in [0.1, 0.15) is 56.5 Å². The predicted molar refractivity (Wildman–Crippen MR) is 120 cm³/mol. The molecule has 0 aliphatic carbocycles. The lowest BCUT2D eigenvalue weighted by Crippen LogP contribution is -2.54. The SMILES string of the molecule is COc1c(C(C)n2nc(C)c3c(N)ncnc32)cc(Cl)c(F)c1C1CN(C(C)(C)C)C1. The van der Waals surface area contributed by atoms with Crippen LogP contribution in [0.25, 0.3) is 11.0 Å². The number of likely N-dealkylation sites (tertiary alicyclic amines) is 1. The molecule has 4 rings (SSSR count). The van der Waals surface area contributed by atoms with E-state index >= 15 is 4.39 Å². The van der Waals surface area contributed by atoms with Gasteiger partial charge < -0.3 is 10.5 Å². The van der Waals surface area contributed by atoms with Gasteiger partial charge in [-0.05, 0) is 40.7 Å². The largest absolute Gasteiger partial charge is 0.496 e. The average molecular weight is 447 g/mol. The van der Waals surface area contributed by atoms with Crippen LogP contribution in [0.15, 0.2) is 12.4 Å². The van der Waals surface area contributed by atoms with E-state index in [1.807, 2.05) is 13.8 Å². The second-order valence-corrected chi connectivity index (χ2v) is 9.55. The van der Waals surface area contributed by atoms with Crippen LogP contribution in [-0.2, 0) is 0 Å². The van der Waals surface area contributed by atoms with Crippen molar-refractivity contribution in [2.24, 2.45) is 0 Å². The van der Waals surface area contributed by atoms with Crippen molar-refractivity contribution in [1.82, 2.24) is 24.6 Å². The van der Waals surface area contributed by atoms with E-state index in [4.69, 9.17) is 22.1 Å². The lowest BCUT2D eigenvalue weighted by Gasteiger charge is -2.48. The Kier molecular flexibility index (Phi) is 5.34. The second-order valence-electron chi connectivity index (χ2n) is 9.14. The van der Waals surface area contributed by atoms with Crippen LogP contribution in [-0.4, -0.2) is 50.4 Å². The minimum absolute atomic E-state index is 0.00731. The molecule has 31 heavy (non-hydrogen) atoms. The fraction of sp³-hybridized carbons (Fsp3) is 0.500. The van der Waals surface area contributed by atoms with Crippen molar-refractivity contribution in [3.8, 4) is 5.75 Å². The molecule has 0 amide bonds. The first-order chi connectivity index (χ1) is 14.5. The standard InChI is InChI=1S/C22H28ClFN6O/c1-11-16-20(25)26-10-27-21(16)30(28-11)12(2)14-7-15(23)18(24)17(19(14)31-6)13-8-29(9-13)22(3,4)5/h7,10,12-13H,8-9H2,1-6H3,(H2,25,26,27). The van der Waals surface area contributed by atoms with E-state index in [0.29, 0.717) is 28.2 Å². The molecule has 0 radical (unpaired) electrons. The van der Waals surface area contributed by atoms with E-state index in [1.165, 1.54) is 6.33 Å². The van der Waals surface area contributed by atoms with Crippen LogP contribution in [0, 0.1) is 12.7 Å². The van der Waals surface area contributed by atoms with Crippen molar-refractivity contribution in [3.05, 3.63) is 40.1 Å². The fourth-order valence-corrected chi connectivity index (χ4v) is 4.55. The molecular weight excluding hydrogens is 419 g/mol. The molecule has 1 unspecified atom stereocenters. The predicted octanol–water partition coefficient (Wildman–Crippen LogP) is 4.33. The zero-order chi connectivity index (χ0) is 22.7. The lowest BCUT2D eigenvalue weighted by molar-refractivity contribution is 0.0448. The number of methoxy groups -OCH3 is 1. The second kappa shape index (κ2) is 7.60. The molecule has 0 saturated carbocycles. The Morgan fingerprint density at radius 1 is 1.29 bits per heavy atom. The fourth-order valence-electron chi connectivity index (χ4n) is 4.33. The highest BCUT2D eigenvalue weighted by Crippen LogP contribution is 2.44. The minimum atomic E-state index is -0.416. The number of nitrogens with zero attached hydrogens (tertiary/aromatic N) is 5. The van der Waals surface area contributed by atoms with Gasteiger partial charge in [0.25, 0.3) is 0 Å². The molecule has 2 aromatic heterocycles. The van der Waals surface area contributed by atoms with E-state index in [0.717, 1.165) is 24.3 Å². The molecule has 3 heterocycles. The molecule has 3 aromatic rings. The van der Waals surface area contributed by atoms with Crippen LogP contribution in [0.4, 0.5) is 10.2 Å². The van der Waals surface area contributed by atoms with Gasteiger partial charge in [0.1, 0.15) is 23.7 Å². The van der Waals surface area contributed by atoms with Gasteiger partial charge in [-0.2, -0.15) is 5.10 Å². The Hall–Kier alpha value is -2.45. The number of anilines is 1. The van der Waals surface area contributed by atoms with Crippen LogP contribution in [0.2, 0.25) is 5.02 Å². The van der Waals surface area contributed by atoms with E-state index in [9.17, 15) is 0 Å². The summed E-state index contributed by atoms with van der Waals surface area (Å²) in [5.41, 5.74) is 8.69. The number of rotatable bonds is 4. The number of hydrogen-bond donors (Lipinski definition) is 1. The summed E-state index contributed by atoms with van der Waals surface area (Å²) in [6, 6.07) is 1.31. The Morgan fingerprint density at radius 2 is 1.97 bits per heavy atom. The summed E-state index contributed by atoms with van der Waals surface area (Å²) in [7, 11) is 1.56. The van der Waals surface area contributed by atoms with Crippen molar-refractivity contribution in [3.63, 3.8) is 0 Å². The highest BCUT2D eigenvalue weighted by Gasteiger charge is 2.39. The molecule has 0 bridgehead atoms. The zero-order valence-corrected chi connectivity index (χ0v) is 19.5. The van der Waals surface area contributed by atoms with Crippen LogP contribution < -0.4 is 10.5 Å². The van der Waals surface area contributed by atoms with Gasteiger partial charge in [-0.25, -0.2) is 19.0 Å². The summed E-state index contributed by atoms with van der Waals surface area (Å²) < 4.78 is 22.7. The maximum Gasteiger partial charge on any atom is 0.164 e. The Morgan fingerprint density at radius 3 is 2.58 bits per heavy atom. The van der Waals surface area contributed by atoms with Gasteiger partial charge >= 0.3 is 0 Å². The number of benzene rings is 1. The molecule has 1 saturated heterocycles. The van der Waals surface area contributed by atoms with Gasteiger partial charge in [0.05, 0.1) is 29.3 Å². The summed E-state index contributed by atoms with van der Waals surface area (Å²) in [6.07, 6.45) is 1.41. The number of halogens is 2. The molecule has 1 aliphatic heterocycles. The van der Waals surface area contributed by atoms with Gasteiger partial charge in [0, 0.05) is 35.7 Å². The van der Waals surface area contributed by atoms with Crippen molar-refractivity contribution in [1.29, 1.82) is 0 Å². The zero-order valence-electron chi connectivity index (χ0n) is 18.7. The minimum Gasteiger partial charge on any atom is -0.496 e. The summed E-state index contributed by atoms with van der Waals surface area (Å²) in [5.74, 6) is 0.479. The number of nitrogen functional groups attached to an aromatic ring is 1. The number of hydrogen-bond acceptors (Lipinski definition) is 6. The first-order valence-electron chi connectivity index (χ1n) is 10.3. The first-order valence-corrected chi connectivity index (χ1v) is 10.7. The molecule has 2 N–H and O–H groups in total. The molecule has 0 spiro atoms. The van der Waals surface area contributed by atoms with Gasteiger partial charge in [0.2, 0.25) is 0 Å². The average Bonchev–Trinajstić information content (AvgIpc) is 3.00. The van der Waals surface area contributed by atoms with Crippen molar-refractivity contribution < 1.29 is 9.13 Å². The van der Waals surface area contributed by atoms with Gasteiger partial charge in [-0.1, -0.05) is 11.6 Å².